The lowest BCUT2D eigenvalue weighted by atomic mass is 10.2. The van der Waals surface area contributed by atoms with E-state index in [2.05, 4.69) is 5.32 Å². The monoisotopic (exact) mass is 396 g/mol. The fraction of sp³-hybridized carbons (Fsp3) is 0.357. The molecule has 0 radical (unpaired) electrons. The van der Waals surface area contributed by atoms with Crippen molar-refractivity contribution in [2.24, 2.45) is 0 Å². The van der Waals surface area contributed by atoms with E-state index < -0.39 is 17.6 Å². The van der Waals surface area contributed by atoms with Crippen molar-refractivity contribution in [1.29, 1.82) is 0 Å². The van der Waals surface area contributed by atoms with Crippen molar-refractivity contribution in [3.63, 3.8) is 0 Å². The molecule has 130 valence electrons. The third kappa shape index (κ3) is 4.40. The van der Waals surface area contributed by atoms with E-state index in [1.54, 1.807) is 6.92 Å². The highest BCUT2D eigenvalue weighted by molar-refractivity contribution is 8.24. The van der Waals surface area contributed by atoms with Crippen molar-refractivity contribution in [2.45, 2.75) is 24.8 Å². The maximum Gasteiger partial charge on any atom is 0.416 e. The van der Waals surface area contributed by atoms with Gasteiger partial charge in [-0.25, -0.2) is 0 Å². The molecule has 0 aliphatic carbocycles. The quantitative estimate of drug-likeness (QED) is 0.783. The summed E-state index contributed by atoms with van der Waals surface area (Å²) in [5.74, 6) is -0.744. The minimum absolute atomic E-state index is 0.00621. The third-order valence-corrected chi connectivity index (χ3v) is 5.06. The number of anilines is 1. The normalized spacial score (nSPS) is 18.2. The minimum atomic E-state index is -4.54. The van der Waals surface area contributed by atoms with Crippen LogP contribution in [0.5, 0.6) is 0 Å². The molecule has 0 bridgehead atoms. The lowest BCUT2D eigenvalue weighted by molar-refractivity contribution is -0.137. The molecule has 1 aromatic rings. The Bertz CT molecular complexity index is 697. The lowest BCUT2D eigenvalue weighted by Crippen LogP contribution is -2.33. The fourth-order valence-electron chi connectivity index (χ4n) is 2.00. The average molecular weight is 397 g/mol. The zero-order chi connectivity index (χ0) is 18.1. The zero-order valence-electron chi connectivity index (χ0n) is 12.3. The second kappa shape index (κ2) is 7.28. The maximum absolute atomic E-state index is 12.7. The van der Waals surface area contributed by atoms with Gasteiger partial charge >= 0.3 is 6.18 Å². The van der Waals surface area contributed by atoms with Gasteiger partial charge in [0.15, 0.2) is 0 Å². The summed E-state index contributed by atoms with van der Waals surface area (Å²) in [5, 5.41) is 2.03. The number of benzene rings is 1. The van der Waals surface area contributed by atoms with Gasteiger partial charge in [0.05, 0.1) is 21.5 Å². The van der Waals surface area contributed by atoms with E-state index >= 15 is 0 Å². The van der Waals surface area contributed by atoms with Gasteiger partial charge < -0.3 is 5.32 Å². The van der Waals surface area contributed by atoms with E-state index in [1.807, 2.05) is 0 Å². The van der Waals surface area contributed by atoms with Crippen LogP contribution in [0.25, 0.3) is 0 Å². The van der Waals surface area contributed by atoms with Crippen LogP contribution >= 0.6 is 35.6 Å². The van der Waals surface area contributed by atoms with E-state index in [9.17, 15) is 22.8 Å². The molecule has 24 heavy (non-hydrogen) atoms. The SMILES string of the molecule is CC1SC(=S)N(CCC(=O)Nc2cc(C(F)(F)F)ccc2Cl)C1=O. The van der Waals surface area contributed by atoms with Gasteiger partial charge in [0.25, 0.3) is 0 Å². The van der Waals surface area contributed by atoms with Crippen LogP contribution in [0.1, 0.15) is 18.9 Å². The van der Waals surface area contributed by atoms with Gasteiger partial charge in [0, 0.05) is 13.0 Å². The standard InChI is InChI=1S/C14H12ClF3N2O2S2/c1-7-12(22)20(13(23)24-7)5-4-11(21)19-10-6-8(14(16,17)18)2-3-9(10)15/h2-3,6-7H,4-5H2,1H3,(H,19,21). The second-order valence-corrected chi connectivity index (χ2v) is 7.39. The molecule has 0 aromatic heterocycles. The Labute approximate surface area is 150 Å². The molecule has 1 heterocycles. The van der Waals surface area contributed by atoms with Gasteiger partial charge in [-0.15, -0.1) is 0 Å². The number of rotatable bonds is 4. The fourth-order valence-corrected chi connectivity index (χ4v) is 3.62. The Balaban J connectivity index is 2.00. The van der Waals surface area contributed by atoms with Crippen molar-refractivity contribution in [3.8, 4) is 0 Å². The molecule has 1 N–H and O–H groups in total. The molecule has 1 aromatic carbocycles. The largest absolute Gasteiger partial charge is 0.416 e. The van der Waals surface area contributed by atoms with E-state index in [0.29, 0.717) is 4.32 Å². The predicted octanol–water partition coefficient (Wildman–Crippen LogP) is 3.94. The Morgan fingerprint density at radius 2 is 2.12 bits per heavy atom. The van der Waals surface area contributed by atoms with Gasteiger partial charge in [-0.1, -0.05) is 35.6 Å². The number of thiocarbonyl (C=S) groups is 1. The second-order valence-electron chi connectivity index (χ2n) is 5.01. The first kappa shape index (κ1) is 19.0. The third-order valence-electron chi connectivity index (χ3n) is 3.24. The minimum Gasteiger partial charge on any atom is -0.325 e. The highest BCUT2D eigenvalue weighted by Gasteiger charge is 2.34. The van der Waals surface area contributed by atoms with Crippen molar-refractivity contribution in [3.05, 3.63) is 28.8 Å². The number of halogens is 4. The Kier molecular flexibility index (Phi) is 5.77. The highest BCUT2D eigenvalue weighted by atomic mass is 35.5. The van der Waals surface area contributed by atoms with E-state index in [0.717, 1.165) is 18.2 Å². The summed E-state index contributed by atoms with van der Waals surface area (Å²) < 4.78 is 38.5. The number of carbonyl (C=O) groups excluding carboxylic acids is 2. The molecule has 10 heteroatoms. The summed E-state index contributed by atoms with van der Waals surface area (Å²) in [6.07, 6.45) is -4.64. The number of thioether (sulfide) groups is 1. The molecule has 0 saturated carbocycles. The Hall–Kier alpha value is -1.32. The molecular formula is C14H12ClF3N2O2S2. The number of hydrogen-bond donors (Lipinski definition) is 1. The number of carbonyl (C=O) groups is 2. The molecule has 1 aliphatic heterocycles. The molecular weight excluding hydrogens is 385 g/mol. The zero-order valence-corrected chi connectivity index (χ0v) is 14.7. The molecule has 1 atom stereocenters. The summed E-state index contributed by atoms with van der Waals surface area (Å²) in [6.45, 7) is 1.78. The van der Waals surface area contributed by atoms with Crippen LogP contribution in [-0.4, -0.2) is 32.8 Å². The molecule has 1 aliphatic rings. The Morgan fingerprint density at radius 3 is 2.67 bits per heavy atom. The summed E-state index contributed by atoms with van der Waals surface area (Å²) >= 11 is 12.1. The van der Waals surface area contributed by atoms with Gasteiger partial charge in [-0.2, -0.15) is 13.2 Å². The van der Waals surface area contributed by atoms with E-state index in [1.165, 1.54) is 16.7 Å². The number of hydrogen-bond acceptors (Lipinski definition) is 4. The molecule has 1 unspecified atom stereocenters. The number of amides is 2. The molecule has 2 amide bonds. The summed E-state index contributed by atoms with van der Waals surface area (Å²) in [6, 6.07) is 2.67. The Morgan fingerprint density at radius 1 is 1.46 bits per heavy atom. The van der Waals surface area contributed by atoms with Gasteiger partial charge in [0.1, 0.15) is 4.32 Å². The van der Waals surface area contributed by atoms with Crippen LogP contribution in [0.15, 0.2) is 18.2 Å². The van der Waals surface area contributed by atoms with Crippen molar-refractivity contribution in [1.82, 2.24) is 4.90 Å². The van der Waals surface area contributed by atoms with Crippen molar-refractivity contribution >= 4 is 57.4 Å². The number of nitrogens with one attached hydrogen (secondary N) is 1. The van der Waals surface area contributed by atoms with Gasteiger partial charge in [-0.3, -0.25) is 14.5 Å². The van der Waals surface area contributed by atoms with Crippen LogP contribution in [0.4, 0.5) is 18.9 Å². The van der Waals surface area contributed by atoms with Crippen molar-refractivity contribution in [2.75, 3.05) is 11.9 Å². The summed E-state index contributed by atoms with van der Waals surface area (Å²) in [4.78, 5) is 25.1. The molecule has 4 nitrogen and oxygen atoms in total. The van der Waals surface area contributed by atoms with E-state index in [-0.39, 0.29) is 34.8 Å². The summed E-state index contributed by atoms with van der Waals surface area (Å²) in [7, 11) is 0. The predicted molar refractivity (Wildman–Crippen MR) is 91.1 cm³/mol. The van der Waals surface area contributed by atoms with Crippen LogP contribution < -0.4 is 5.32 Å². The smallest absolute Gasteiger partial charge is 0.325 e. The number of alkyl halides is 3. The number of nitrogens with zero attached hydrogens (tertiary/aromatic N) is 1. The lowest BCUT2D eigenvalue weighted by Gasteiger charge is -2.15. The first-order valence-electron chi connectivity index (χ1n) is 6.78. The van der Waals surface area contributed by atoms with Crippen LogP contribution in [0.2, 0.25) is 5.02 Å². The van der Waals surface area contributed by atoms with Crippen LogP contribution in [0.3, 0.4) is 0 Å². The average Bonchev–Trinajstić information content (AvgIpc) is 2.71. The van der Waals surface area contributed by atoms with Crippen LogP contribution in [-0.2, 0) is 15.8 Å². The molecule has 2 rings (SSSR count). The highest BCUT2D eigenvalue weighted by Crippen LogP contribution is 2.34. The molecule has 1 saturated heterocycles. The van der Waals surface area contributed by atoms with E-state index in [4.69, 9.17) is 23.8 Å². The van der Waals surface area contributed by atoms with Crippen molar-refractivity contribution < 1.29 is 22.8 Å². The maximum atomic E-state index is 12.7. The molecule has 1 fully saturated rings. The first-order chi connectivity index (χ1) is 11.1. The summed E-state index contributed by atoms with van der Waals surface area (Å²) in [5.41, 5.74) is -1.04. The van der Waals surface area contributed by atoms with Crippen LogP contribution in [0, 0.1) is 0 Å². The topological polar surface area (TPSA) is 49.4 Å². The van der Waals surface area contributed by atoms with Gasteiger partial charge in [-0.05, 0) is 25.1 Å². The van der Waals surface area contributed by atoms with Gasteiger partial charge in [0.2, 0.25) is 11.8 Å². The first-order valence-corrected chi connectivity index (χ1v) is 8.45. The molecule has 0 spiro atoms.